The van der Waals surface area contributed by atoms with Crippen molar-refractivity contribution in [2.45, 2.75) is 26.7 Å². The number of aryl methyl sites for hydroxylation is 1. The summed E-state index contributed by atoms with van der Waals surface area (Å²) in [6, 6.07) is 14.2. The molecule has 158 valence electrons. The molecule has 0 aromatic heterocycles. The predicted molar refractivity (Wildman–Crippen MR) is 118 cm³/mol. The van der Waals surface area contributed by atoms with Gasteiger partial charge in [0, 0.05) is 36.6 Å². The third-order valence-corrected chi connectivity index (χ3v) is 5.10. The molecule has 0 aliphatic carbocycles. The lowest BCUT2D eigenvalue weighted by Gasteiger charge is -2.32. The highest BCUT2D eigenvalue weighted by Gasteiger charge is 2.28. The van der Waals surface area contributed by atoms with Crippen LogP contribution in [0.1, 0.15) is 35.7 Å². The summed E-state index contributed by atoms with van der Waals surface area (Å²) in [6.07, 6.45) is 1.51. The van der Waals surface area contributed by atoms with E-state index in [1.165, 1.54) is 0 Å². The first kappa shape index (κ1) is 21.4. The minimum Gasteiger partial charge on any atom is -0.352 e. The molecule has 0 bridgehead atoms. The maximum Gasteiger partial charge on any atom is 0.321 e. The number of rotatable bonds is 5. The second-order valence-electron chi connectivity index (χ2n) is 7.51. The summed E-state index contributed by atoms with van der Waals surface area (Å²) in [6.45, 7) is 5.40. The standard InChI is InChI=1S/C23H28N4O3/c1-3-24-21(28)17-9-11-19(12-10-17)25-22(29)18-7-5-13-27(15-18)23(30)26-20-8-4-6-16(2)14-20/h4,6,8-12,14,18H,3,5,7,13,15H2,1-2H3,(H,24,28)(H,25,29)(H,26,30). The van der Waals surface area contributed by atoms with Gasteiger partial charge < -0.3 is 20.9 Å². The van der Waals surface area contributed by atoms with Crippen LogP contribution in [0.3, 0.4) is 0 Å². The molecule has 4 amide bonds. The van der Waals surface area contributed by atoms with Gasteiger partial charge in [0.15, 0.2) is 0 Å². The Morgan fingerprint density at radius 2 is 1.80 bits per heavy atom. The highest BCUT2D eigenvalue weighted by atomic mass is 16.2. The van der Waals surface area contributed by atoms with E-state index in [0.29, 0.717) is 30.9 Å². The molecule has 3 rings (SSSR count). The van der Waals surface area contributed by atoms with Crippen molar-refractivity contribution in [3.8, 4) is 0 Å². The third-order valence-electron chi connectivity index (χ3n) is 5.10. The van der Waals surface area contributed by atoms with Crippen molar-refractivity contribution in [2.75, 3.05) is 30.3 Å². The van der Waals surface area contributed by atoms with Crippen molar-refractivity contribution in [2.24, 2.45) is 5.92 Å². The Labute approximate surface area is 176 Å². The van der Waals surface area contributed by atoms with E-state index in [9.17, 15) is 14.4 Å². The second kappa shape index (κ2) is 9.91. The smallest absolute Gasteiger partial charge is 0.321 e. The number of hydrogen-bond acceptors (Lipinski definition) is 3. The fourth-order valence-electron chi connectivity index (χ4n) is 3.51. The highest BCUT2D eigenvalue weighted by molar-refractivity contribution is 5.96. The Morgan fingerprint density at radius 1 is 1.03 bits per heavy atom. The van der Waals surface area contributed by atoms with Gasteiger partial charge in [-0.05, 0) is 68.7 Å². The summed E-state index contributed by atoms with van der Waals surface area (Å²) >= 11 is 0. The van der Waals surface area contributed by atoms with E-state index in [0.717, 1.165) is 24.1 Å². The van der Waals surface area contributed by atoms with Gasteiger partial charge in [-0.25, -0.2) is 4.79 Å². The van der Waals surface area contributed by atoms with E-state index in [2.05, 4.69) is 16.0 Å². The molecular formula is C23H28N4O3. The minimum atomic E-state index is -0.273. The topological polar surface area (TPSA) is 90.5 Å². The Morgan fingerprint density at radius 3 is 2.50 bits per heavy atom. The van der Waals surface area contributed by atoms with Gasteiger partial charge in [0.25, 0.3) is 5.91 Å². The molecule has 1 fully saturated rings. The first-order valence-electron chi connectivity index (χ1n) is 10.3. The number of anilines is 2. The molecule has 1 aliphatic heterocycles. The monoisotopic (exact) mass is 408 g/mol. The van der Waals surface area contributed by atoms with Crippen molar-refractivity contribution < 1.29 is 14.4 Å². The van der Waals surface area contributed by atoms with Crippen LogP contribution in [-0.2, 0) is 4.79 Å². The second-order valence-corrected chi connectivity index (χ2v) is 7.51. The van der Waals surface area contributed by atoms with Crippen LogP contribution >= 0.6 is 0 Å². The number of piperidine rings is 1. The normalized spacial score (nSPS) is 15.9. The SMILES string of the molecule is CCNC(=O)c1ccc(NC(=O)C2CCCN(C(=O)Nc3cccc(C)c3)C2)cc1. The lowest BCUT2D eigenvalue weighted by molar-refractivity contribution is -0.121. The zero-order chi connectivity index (χ0) is 21.5. The van der Waals surface area contributed by atoms with Crippen molar-refractivity contribution in [3.63, 3.8) is 0 Å². The Balaban J connectivity index is 1.56. The molecule has 1 aliphatic rings. The Kier molecular flexibility index (Phi) is 7.06. The molecule has 0 radical (unpaired) electrons. The van der Waals surface area contributed by atoms with Crippen LogP contribution in [0.2, 0.25) is 0 Å². The Hall–Kier alpha value is -3.35. The van der Waals surface area contributed by atoms with E-state index >= 15 is 0 Å². The van der Waals surface area contributed by atoms with Gasteiger partial charge >= 0.3 is 6.03 Å². The number of nitrogens with one attached hydrogen (secondary N) is 3. The summed E-state index contributed by atoms with van der Waals surface area (Å²) < 4.78 is 0. The first-order chi connectivity index (χ1) is 14.5. The number of carbonyl (C=O) groups is 3. The summed E-state index contributed by atoms with van der Waals surface area (Å²) in [7, 11) is 0. The maximum atomic E-state index is 12.7. The molecule has 3 N–H and O–H groups in total. The van der Waals surface area contributed by atoms with E-state index < -0.39 is 0 Å². The predicted octanol–water partition coefficient (Wildman–Crippen LogP) is 3.63. The molecule has 30 heavy (non-hydrogen) atoms. The maximum absolute atomic E-state index is 12.7. The van der Waals surface area contributed by atoms with Crippen LogP contribution in [0.25, 0.3) is 0 Å². The van der Waals surface area contributed by atoms with E-state index in [-0.39, 0.29) is 23.8 Å². The molecule has 7 nitrogen and oxygen atoms in total. The van der Waals surface area contributed by atoms with Crippen molar-refractivity contribution >= 4 is 29.2 Å². The number of hydrogen-bond donors (Lipinski definition) is 3. The zero-order valence-corrected chi connectivity index (χ0v) is 17.4. The molecule has 0 saturated carbocycles. The summed E-state index contributed by atoms with van der Waals surface area (Å²) in [5, 5.41) is 8.54. The van der Waals surface area contributed by atoms with Crippen molar-refractivity contribution in [1.82, 2.24) is 10.2 Å². The molecule has 7 heteroatoms. The number of carbonyl (C=O) groups excluding carboxylic acids is 3. The molecule has 2 aromatic rings. The highest BCUT2D eigenvalue weighted by Crippen LogP contribution is 2.20. The molecule has 1 heterocycles. The lowest BCUT2D eigenvalue weighted by atomic mass is 9.97. The number of likely N-dealkylation sites (tertiary alicyclic amines) is 1. The van der Waals surface area contributed by atoms with Crippen LogP contribution in [0.5, 0.6) is 0 Å². The first-order valence-corrected chi connectivity index (χ1v) is 10.3. The largest absolute Gasteiger partial charge is 0.352 e. The van der Waals surface area contributed by atoms with Crippen LogP contribution in [0.4, 0.5) is 16.2 Å². The van der Waals surface area contributed by atoms with Crippen LogP contribution in [0.15, 0.2) is 48.5 Å². The molecule has 1 saturated heterocycles. The molecular weight excluding hydrogens is 380 g/mol. The number of urea groups is 1. The van der Waals surface area contributed by atoms with Crippen LogP contribution < -0.4 is 16.0 Å². The van der Waals surface area contributed by atoms with Crippen molar-refractivity contribution in [3.05, 3.63) is 59.7 Å². The number of amides is 4. The average molecular weight is 409 g/mol. The average Bonchev–Trinajstić information content (AvgIpc) is 2.74. The van der Waals surface area contributed by atoms with Gasteiger partial charge in [0.05, 0.1) is 5.92 Å². The van der Waals surface area contributed by atoms with E-state index in [4.69, 9.17) is 0 Å². The fourth-order valence-corrected chi connectivity index (χ4v) is 3.51. The third kappa shape index (κ3) is 5.59. The van der Waals surface area contributed by atoms with Gasteiger partial charge in [0.2, 0.25) is 5.91 Å². The fraction of sp³-hybridized carbons (Fsp3) is 0.348. The molecule has 1 atom stereocenters. The quantitative estimate of drug-likeness (QED) is 0.706. The number of benzene rings is 2. The van der Waals surface area contributed by atoms with Gasteiger partial charge in [-0.3, -0.25) is 9.59 Å². The zero-order valence-electron chi connectivity index (χ0n) is 17.4. The summed E-state index contributed by atoms with van der Waals surface area (Å²) in [5.41, 5.74) is 3.00. The van der Waals surface area contributed by atoms with E-state index in [1.807, 2.05) is 38.1 Å². The molecule has 0 spiro atoms. The van der Waals surface area contributed by atoms with Gasteiger partial charge in [-0.2, -0.15) is 0 Å². The Bertz CT molecular complexity index is 911. The number of nitrogens with zero attached hydrogens (tertiary/aromatic N) is 1. The van der Waals surface area contributed by atoms with Gasteiger partial charge in [-0.1, -0.05) is 12.1 Å². The van der Waals surface area contributed by atoms with E-state index in [1.54, 1.807) is 29.2 Å². The van der Waals surface area contributed by atoms with Gasteiger partial charge in [-0.15, -0.1) is 0 Å². The van der Waals surface area contributed by atoms with Gasteiger partial charge in [0.1, 0.15) is 0 Å². The summed E-state index contributed by atoms with van der Waals surface area (Å²) in [4.78, 5) is 38.8. The summed E-state index contributed by atoms with van der Waals surface area (Å²) in [5.74, 6) is -0.531. The lowest BCUT2D eigenvalue weighted by Crippen LogP contribution is -2.45. The van der Waals surface area contributed by atoms with Crippen LogP contribution in [0, 0.1) is 12.8 Å². The van der Waals surface area contributed by atoms with Crippen molar-refractivity contribution in [1.29, 1.82) is 0 Å². The van der Waals surface area contributed by atoms with Crippen LogP contribution in [-0.4, -0.2) is 42.4 Å². The molecule has 2 aromatic carbocycles. The molecule has 1 unspecified atom stereocenters. The minimum absolute atomic E-state index is 0.117.